The molecule has 0 aliphatic heterocycles. The second kappa shape index (κ2) is 9.29. The molecule has 27 heavy (non-hydrogen) atoms. The summed E-state index contributed by atoms with van der Waals surface area (Å²) < 4.78 is 14.9. The van der Waals surface area contributed by atoms with Crippen molar-refractivity contribution in [3.05, 3.63) is 19.1 Å². The Morgan fingerprint density at radius 1 is 1.11 bits per heavy atom. The largest absolute Gasteiger partial charge is 0.299 e. The summed E-state index contributed by atoms with van der Waals surface area (Å²) in [5, 5.41) is 0. The number of hydrogen-bond donors (Lipinski definition) is 0. The van der Waals surface area contributed by atoms with E-state index in [0.29, 0.717) is 35.9 Å². The fraction of sp³-hybridized carbons (Fsp3) is 0.833. The van der Waals surface area contributed by atoms with Gasteiger partial charge in [0.2, 0.25) is 0 Å². The van der Waals surface area contributed by atoms with Crippen LogP contribution in [0.3, 0.4) is 0 Å². The minimum Gasteiger partial charge on any atom is -0.299 e. The Kier molecular flexibility index (Phi) is 8.27. The summed E-state index contributed by atoms with van der Waals surface area (Å²) in [4.78, 5) is 12.5. The second-order valence-corrected chi connectivity index (χ2v) is 9.62. The number of hydrogen-bond acceptors (Lipinski definition) is 1. The Balaban J connectivity index is 0.000000844. The molecule has 0 heterocycles. The van der Waals surface area contributed by atoms with E-state index in [1.807, 2.05) is 20.3 Å². The Morgan fingerprint density at radius 2 is 1.81 bits per heavy atom. The van der Waals surface area contributed by atoms with Gasteiger partial charge in [-0.2, -0.15) is 0 Å². The zero-order valence-corrected chi connectivity index (χ0v) is 22.6. The molecule has 4 aliphatic carbocycles. The van der Waals surface area contributed by atoms with Crippen LogP contribution in [0.15, 0.2) is 12.7 Å². The third-order valence-electron chi connectivity index (χ3n) is 8.81. The van der Waals surface area contributed by atoms with Crippen LogP contribution in [0, 0.1) is 90.9 Å². The van der Waals surface area contributed by atoms with Crippen LogP contribution >= 0.6 is 0 Å². The van der Waals surface area contributed by atoms with Crippen molar-refractivity contribution in [1.29, 1.82) is 0 Å². The molecule has 0 spiro atoms. The Morgan fingerprint density at radius 3 is 2.48 bits per heavy atom. The van der Waals surface area contributed by atoms with Crippen molar-refractivity contribution < 1.29 is 53.2 Å². The Bertz CT molecular complexity index is 548. The van der Waals surface area contributed by atoms with Crippen molar-refractivity contribution in [2.75, 3.05) is 0 Å². The van der Waals surface area contributed by atoms with Gasteiger partial charge in [0.15, 0.2) is 0 Å². The Hall–Kier alpha value is 0.782. The normalized spacial score (nSPS) is 48.1. The standard InChI is InChI=1S/C22H32FO.C2H6.Ac/c1-4-5-14-12-15-6-7-16-17-8-9-20(24)21(17,2)11-10-18(16)22(15,3)13-19(14)23;1-2;/h4-5,14-19H,1,6-13H2,2-3H3;1-2H3;/t14?,15-,16-,17-,18-,19+,21-,22-;;/m0../s1. The molecule has 4 fully saturated rings. The van der Waals surface area contributed by atoms with Crippen LogP contribution in [0.2, 0.25) is 0 Å². The monoisotopic (exact) mass is 588 g/mol. The molecule has 1 nitrogen and oxygen atoms in total. The molecule has 0 aromatic carbocycles. The number of Topliss-reactive ketones (excluding diaryl/α,β-unsaturated/α-hetero) is 1. The van der Waals surface area contributed by atoms with Crippen molar-refractivity contribution in [3.8, 4) is 0 Å². The van der Waals surface area contributed by atoms with E-state index in [1.165, 1.54) is 12.8 Å². The number of rotatable bonds is 2. The Labute approximate surface area is 202 Å². The van der Waals surface area contributed by atoms with Crippen molar-refractivity contribution in [2.45, 2.75) is 85.2 Å². The molecule has 0 aromatic rings. The average Bonchev–Trinajstić information content (AvgIpc) is 2.93. The van der Waals surface area contributed by atoms with E-state index in [9.17, 15) is 9.18 Å². The first-order valence-corrected chi connectivity index (χ1v) is 11.0. The van der Waals surface area contributed by atoms with Gasteiger partial charge in [0.25, 0.3) is 0 Å². The number of carbonyl (C=O) groups is 1. The summed E-state index contributed by atoms with van der Waals surface area (Å²) in [5.41, 5.74) is 0.0775. The summed E-state index contributed by atoms with van der Waals surface area (Å²) in [6.07, 6.45) is 11.3. The predicted octanol–water partition coefficient (Wildman–Crippen LogP) is 6.58. The third kappa shape index (κ3) is 3.92. The van der Waals surface area contributed by atoms with E-state index >= 15 is 0 Å². The maximum atomic E-state index is 14.9. The maximum absolute atomic E-state index is 14.9. The van der Waals surface area contributed by atoms with E-state index in [4.69, 9.17) is 0 Å². The van der Waals surface area contributed by atoms with Crippen molar-refractivity contribution in [1.82, 2.24) is 0 Å². The number of carbonyl (C=O) groups excluding carboxylic acids is 1. The SMILES string of the molecule is C=C[CH]C1C[C@@H]2CC[C@@H]3[C@H](CC[C@]4(C)C(=O)CC[C@@H]34)[C@@]2(C)C[C@H]1F.CC.[Ac]. The summed E-state index contributed by atoms with van der Waals surface area (Å²) >= 11 is 0. The van der Waals surface area contributed by atoms with Gasteiger partial charge in [-0.05, 0) is 86.4 Å². The molecule has 8 atom stereocenters. The molecule has 4 aliphatic rings. The zero-order valence-electron chi connectivity index (χ0n) is 17.8. The molecule has 0 aromatic heterocycles. The summed E-state index contributed by atoms with van der Waals surface area (Å²) in [7, 11) is 0. The smallest absolute Gasteiger partial charge is 0.139 e. The molecule has 1 unspecified atom stereocenters. The average molecular weight is 589 g/mol. The van der Waals surface area contributed by atoms with Gasteiger partial charge in [-0.1, -0.05) is 33.8 Å². The zero-order chi connectivity index (χ0) is 19.1. The first kappa shape index (κ1) is 24.1. The van der Waals surface area contributed by atoms with Gasteiger partial charge in [-0.15, -0.1) is 6.58 Å². The van der Waals surface area contributed by atoms with E-state index in [0.717, 1.165) is 32.1 Å². The number of ketones is 1. The summed E-state index contributed by atoms with van der Waals surface area (Å²) in [5.74, 6) is 3.07. The quantitative estimate of drug-likeness (QED) is 0.357. The van der Waals surface area contributed by atoms with Gasteiger partial charge in [-0.25, -0.2) is 4.39 Å². The summed E-state index contributed by atoms with van der Waals surface area (Å²) in [6.45, 7) is 12.4. The van der Waals surface area contributed by atoms with Crippen LogP contribution in [-0.4, -0.2) is 12.0 Å². The van der Waals surface area contributed by atoms with Gasteiger partial charge in [0, 0.05) is 55.9 Å². The van der Waals surface area contributed by atoms with Gasteiger partial charge in [-0.3, -0.25) is 4.79 Å². The van der Waals surface area contributed by atoms with Crippen LogP contribution in [0.4, 0.5) is 4.39 Å². The molecule has 0 N–H and O–H groups in total. The van der Waals surface area contributed by atoms with Gasteiger partial charge in [0.1, 0.15) is 12.0 Å². The van der Waals surface area contributed by atoms with E-state index < -0.39 is 6.17 Å². The van der Waals surface area contributed by atoms with Crippen LogP contribution < -0.4 is 0 Å². The molecule has 0 bridgehead atoms. The molecular formula is C24H38AcFO. The molecule has 150 valence electrons. The van der Waals surface area contributed by atoms with Crippen LogP contribution in [0.25, 0.3) is 0 Å². The van der Waals surface area contributed by atoms with Gasteiger partial charge >= 0.3 is 0 Å². The fourth-order valence-corrected chi connectivity index (χ4v) is 7.43. The van der Waals surface area contributed by atoms with Gasteiger partial charge < -0.3 is 0 Å². The molecule has 0 amide bonds. The molecule has 3 heteroatoms. The molecule has 4 rings (SSSR count). The number of alkyl halides is 1. The minimum atomic E-state index is -0.721. The second-order valence-electron chi connectivity index (χ2n) is 9.62. The van der Waals surface area contributed by atoms with E-state index in [-0.39, 0.29) is 60.8 Å². The first-order chi connectivity index (χ1) is 12.4. The molecule has 4 saturated carbocycles. The molecule has 0 saturated heterocycles. The van der Waals surface area contributed by atoms with Crippen molar-refractivity contribution in [2.24, 2.45) is 40.4 Å². The van der Waals surface area contributed by atoms with Crippen LogP contribution in [-0.2, 0) is 4.79 Å². The van der Waals surface area contributed by atoms with Crippen LogP contribution in [0.5, 0.6) is 0 Å². The van der Waals surface area contributed by atoms with E-state index in [2.05, 4.69) is 20.4 Å². The number of allylic oxidation sites excluding steroid dienone is 1. The molecular weight excluding hydrogens is 550 g/mol. The van der Waals surface area contributed by atoms with Crippen molar-refractivity contribution in [3.63, 3.8) is 0 Å². The van der Waals surface area contributed by atoms with E-state index in [1.54, 1.807) is 6.08 Å². The van der Waals surface area contributed by atoms with Gasteiger partial charge in [0.05, 0.1) is 0 Å². The topological polar surface area (TPSA) is 17.1 Å². The maximum Gasteiger partial charge on any atom is 0.139 e. The first-order valence-electron chi connectivity index (χ1n) is 11.0. The van der Waals surface area contributed by atoms with Crippen LogP contribution in [0.1, 0.15) is 79.1 Å². The molecule has 2 radical (unpaired) electrons. The number of halogens is 1. The fourth-order valence-electron chi connectivity index (χ4n) is 7.43. The summed E-state index contributed by atoms with van der Waals surface area (Å²) in [6, 6.07) is 0. The predicted molar refractivity (Wildman–Crippen MR) is 106 cm³/mol. The number of fused-ring (bicyclic) bond motifs is 5. The minimum absolute atomic E-state index is 0. The third-order valence-corrected chi connectivity index (χ3v) is 8.81. The van der Waals surface area contributed by atoms with Crippen molar-refractivity contribution >= 4 is 5.78 Å².